The third-order valence-electron chi connectivity index (χ3n) is 3.41. The first kappa shape index (κ1) is 15.5. The fourth-order valence-corrected chi connectivity index (χ4v) is 2.52. The molecule has 0 fully saturated rings. The van der Waals surface area contributed by atoms with Crippen molar-refractivity contribution in [2.75, 3.05) is 5.32 Å². The molecule has 0 aliphatic heterocycles. The normalized spacial score (nSPS) is 11.2. The van der Waals surface area contributed by atoms with E-state index in [1.807, 2.05) is 43.3 Å². The summed E-state index contributed by atoms with van der Waals surface area (Å²) in [6, 6.07) is 12.9. The van der Waals surface area contributed by atoms with E-state index < -0.39 is 0 Å². The second kappa shape index (κ2) is 6.36. The van der Waals surface area contributed by atoms with Crippen molar-refractivity contribution in [1.82, 2.24) is 4.98 Å². The highest BCUT2D eigenvalue weighted by Crippen LogP contribution is 2.35. The molecule has 116 valence electrons. The van der Waals surface area contributed by atoms with E-state index in [-0.39, 0.29) is 11.0 Å². The highest BCUT2D eigenvalue weighted by atomic mass is 35.5. The largest absolute Gasteiger partial charge is 0.493 e. The topological polar surface area (TPSA) is 72.8 Å². The van der Waals surface area contributed by atoms with Crippen LogP contribution in [0.15, 0.2) is 52.7 Å². The van der Waals surface area contributed by atoms with Crippen molar-refractivity contribution in [1.29, 1.82) is 0 Å². The Kier molecular flexibility index (Phi) is 4.27. The van der Waals surface area contributed by atoms with E-state index in [1.54, 1.807) is 6.07 Å². The quantitative estimate of drug-likeness (QED) is 0.435. The summed E-state index contributed by atoms with van der Waals surface area (Å²) in [5.74, 6) is -0.0447. The monoisotopic (exact) mass is 344 g/mol. The number of benzene rings is 2. The summed E-state index contributed by atoms with van der Waals surface area (Å²) in [6.07, 6.45) is 0. The van der Waals surface area contributed by atoms with E-state index in [9.17, 15) is 5.11 Å². The standard InChI is InChI=1S/C16H13ClN4OS/c1-9-11(17)6-4-8-12(9)19-16(23)21-20-14-10-5-2-3-7-13(10)18-15(14)22/h2-8,18,22H,1H3,(H,19,23). The number of aromatic nitrogens is 1. The number of H-pyrrole nitrogens is 1. The molecule has 0 spiro atoms. The lowest BCUT2D eigenvalue weighted by atomic mass is 10.2. The molecule has 0 saturated heterocycles. The van der Waals surface area contributed by atoms with Gasteiger partial charge in [0.1, 0.15) is 0 Å². The van der Waals surface area contributed by atoms with Gasteiger partial charge < -0.3 is 15.4 Å². The number of aromatic hydroxyl groups is 1. The number of para-hydroxylation sites is 1. The van der Waals surface area contributed by atoms with Gasteiger partial charge in [0.2, 0.25) is 11.0 Å². The van der Waals surface area contributed by atoms with Crippen molar-refractivity contribution in [3.63, 3.8) is 0 Å². The van der Waals surface area contributed by atoms with Gasteiger partial charge in [-0.05, 0) is 42.9 Å². The molecule has 5 nitrogen and oxygen atoms in total. The Bertz CT molecular complexity index is 920. The zero-order valence-corrected chi connectivity index (χ0v) is 13.7. The smallest absolute Gasteiger partial charge is 0.218 e. The lowest BCUT2D eigenvalue weighted by Crippen LogP contribution is -2.06. The van der Waals surface area contributed by atoms with Crippen LogP contribution in [0.1, 0.15) is 5.56 Å². The van der Waals surface area contributed by atoms with E-state index in [0.29, 0.717) is 10.7 Å². The van der Waals surface area contributed by atoms with Gasteiger partial charge in [-0.15, -0.1) is 10.2 Å². The Labute approximate surface area is 143 Å². The lowest BCUT2D eigenvalue weighted by molar-refractivity contribution is 0.459. The van der Waals surface area contributed by atoms with Gasteiger partial charge in [0.25, 0.3) is 0 Å². The molecule has 0 amide bonds. The molecule has 1 heterocycles. The summed E-state index contributed by atoms with van der Waals surface area (Å²) in [4.78, 5) is 2.84. The van der Waals surface area contributed by atoms with Gasteiger partial charge in [0.05, 0.1) is 5.52 Å². The molecular formula is C16H13ClN4OS. The molecular weight excluding hydrogens is 332 g/mol. The molecule has 0 atom stereocenters. The van der Waals surface area contributed by atoms with E-state index in [4.69, 9.17) is 23.8 Å². The highest BCUT2D eigenvalue weighted by Gasteiger charge is 2.10. The van der Waals surface area contributed by atoms with Gasteiger partial charge in [-0.1, -0.05) is 35.9 Å². The maximum Gasteiger partial charge on any atom is 0.218 e. The highest BCUT2D eigenvalue weighted by molar-refractivity contribution is 7.80. The van der Waals surface area contributed by atoms with Crippen LogP contribution in [0.25, 0.3) is 10.9 Å². The average molecular weight is 345 g/mol. The van der Waals surface area contributed by atoms with Crippen molar-refractivity contribution in [3.8, 4) is 5.88 Å². The summed E-state index contributed by atoms with van der Waals surface area (Å²) >= 11 is 11.2. The molecule has 0 radical (unpaired) electrons. The molecule has 0 aliphatic rings. The van der Waals surface area contributed by atoms with Crippen LogP contribution in [0.4, 0.5) is 11.4 Å². The number of hydrogen-bond donors (Lipinski definition) is 3. The minimum Gasteiger partial charge on any atom is -0.493 e. The van der Waals surface area contributed by atoms with Crippen molar-refractivity contribution >= 4 is 51.2 Å². The van der Waals surface area contributed by atoms with Crippen LogP contribution in [0.3, 0.4) is 0 Å². The molecule has 7 heteroatoms. The van der Waals surface area contributed by atoms with Crippen LogP contribution in [-0.4, -0.2) is 15.2 Å². The fraction of sp³-hybridized carbons (Fsp3) is 0.0625. The number of hydrogen-bond acceptors (Lipinski definition) is 3. The Hall–Kier alpha value is -2.44. The lowest BCUT2D eigenvalue weighted by Gasteiger charge is -2.07. The number of aromatic amines is 1. The zero-order valence-electron chi connectivity index (χ0n) is 12.2. The minimum atomic E-state index is -0.0447. The first-order chi connectivity index (χ1) is 11.1. The van der Waals surface area contributed by atoms with E-state index in [1.165, 1.54) is 0 Å². The van der Waals surface area contributed by atoms with Crippen molar-refractivity contribution in [2.45, 2.75) is 6.92 Å². The van der Waals surface area contributed by atoms with Gasteiger partial charge in [-0.25, -0.2) is 0 Å². The number of rotatable bonds is 2. The van der Waals surface area contributed by atoms with E-state index >= 15 is 0 Å². The van der Waals surface area contributed by atoms with Gasteiger partial charge in [-0.3, -0.25) is 0 Å². The van der Waals surface area contributed by atoms with Gasteiger partial charge in [-0.2, -0.15) is 0 Å². The zero-order chi connectivity index (χ0) is 16.4. The molecule has 0 saturated carbocycles. The maximum atomic E-state index is 9.93. The molecule has 3 N–H and O–H groups in total. The predicted octanol–water partition coefficient (Wildman–Crippen LogP) is 5.32. The Morgan fingerprint density at radius 2 is 2.00 bits per heavy atom. The maximum absolute atomic E-state index is 9.93. The summed E-state index contributed by atoms with van der Waals surface area (Å²) in [5, 5.41) is 22.5. The van der Waals surface area contributed by atoms with Crippen molar-refractivity contribution in [2.24, 2.45) is 10.2 Å². The van der Waals surface area contributed by atoms with Crippen LogP contribution in [0.2, 0.25) is 5.02 Å². The SMILES string of the molecule is Cc1c(Cl)cccc1NC(=S)N=Nc1c(O)[nH]c2ccccc12. The molecule has 23 heavy (non-hydrogen) atoms. The molecule has 3 aromatic rings. The summed E-state index contributed by atoms with van der Waals surface area (Å²) in [7, 11) is 0. The Balaban J connectivity index is 1.83. The van der Waals surface area contributed by atoms with Gasteiger partial charge >= 0.3 is 0 Å². The number of fused-ring (bicyclic) bond motifs is 1. The molecule has 2 aromatic carbocycles. The summed E-state index contributed by atoms with van der Waals surface area (Å²) in [6.45, 7) is 1.88. The first-order valence-corrected chi connectivity index (χ1v) is 7.62. The number of nitrogens with one attached hydrogen (secondary N) is 2. The predicted molar refractivity (Wildman–Crippen MR) is 96.9 cm³/mol. The van der Waals surface area contributed by atoms with Crippen LogP contribution >= 0.6 is 23.8 Å². The number of thiocarbonyl (C=S) groups is 1. The van der Waals surface area contributed by atoms with Gasteiger partial charge in [0, 0.05) is 16.1 Å². The molecule has 3 rings (SSSR count). The molecule has 0 aliphatic carbocycles. The van der Waals surface area contributed by atoms with Gasteiger partial charge in [0.15, 0.2) is 5.69 Å². The molecule has 0 unspecified atom stereocenters. The number of halogens is 1. The first-order valence-electron chi connectivity index (χ1n) is 6.84. The Morgan fingerprint density at radius 1 is 1.22 bits per heavy atom. The summed E-state index contributed by atoms with van der Waals surface area (Å²) in [5.41, 5.74) is 2.78. The third-order valence-corrected chi connectivity index (χ3v) is 4.00. The van der Waals surface area contributed by atoms with Crippen LogP contribution < -0.4 is 5.32 Å². The Morgan fingerprint density at radius 3 is 2.83 bits per heavy atom. The summed E-state index contributed by atoms with van der Waals surface area (Å²) < 4.78 is 0. The average Bonchev–Trinajstić information content (AvgIpc) is 2.85. The van der Waals surface area contributed by atoms with E-state index in [2.05, 4.69) is 20.5 Å². The fourth-order valence-electron chi connectivity index (χ4n) is 2.19. The molecule has 1 aromatic heterocycles. The number of nitrogens with zero attached hydrogens (tertiary/aromatic N) is 2. The number of anilines is 1. The van der Waals surface area contributed by atoms with Crippen molar-refractivity contribution < 1.29 is 5.11 Å². The molecule has 0 bridgehead atoms. The van der Waals surface area contributed by atoms with E-state index in [0.717, 1.165) is 22.2 Å². The van der Waals surface area contributed by atoms with Crippen LogP contribution in [0, 0.1) is 6.92 Å². The number of azo groups is 1. The minimum absolute atomic E-state index is 0.0447. The second-order valence-electron chi connectivity index (χ2n) is 4.91. The second-order valence-corrected chi connectivity index (χ2v) is 5.70. The third kappa shape index (κ3) is 3.18. The van der Waals surface area contributed by atoms with Crippen LogP contribution in [0.5, 0.6) is 5.88 Å². The van der Waals surface area contributed by atoms with Crippen molar-refractivity contribution in [3.05, 3.63) is 53.1 Å². The van der Waals surface area contributed by atoms with Crippen LogP contribution in [-0.2, 0) is 0 Å².